The number of rotatable bonds is 5. The van der Waals surface area contributed by atoms with Crippen molar-refractivity contribution in [1.29, 1.82) is 0 Å². The van der Waals surface area contributed by atoms with Crippen molar-refractivity contribution >= 4 is 17.5 Å². The summed E-state index contributed by atoms with van der Waals surface area (Å²) in [7, 11) is 0. The molecule has 0 aliphatic rings. The first-order valence-corrected chi connectivity index (χ1v) is 6.46. The van der Waals surface area contributed by atoms with E-state index in [2.05, 4.69) is 32.9 Å². The van der Waals surface area contributed by atoms with Gasteiger partial charge in [-0.15, -0.1) is 11.6 Å². The Labute approximate surface area is 109 Å². The monoisotopic (exact) mass is 253 g/mol. The number of alkyl halides is 1. The molecule has 0 aliphatic carbocycles. The van der Waals surface area contributed by atoms with Crippen LogP contribution in [-0.4, -0.2) is 23.2 Å². The third-order valence-corrected chi connectivity index (χ3v) is 2.90. The first kappa shape index (κ1) is 14.0. The fourth-order valence-electron chi connectivity index (χ4n) is 1.77. The van der Waals surface area contributed by atoms with Gasteiger partial charge in [0.25, 0.3) is 0 Å². The summed E-state index contributed by atoms with van der Waals surface area (Å²) in [5, 5.41) is 0. The molecule has 17 heavy (non-hydrogen) atoms. The van der Waals surface area contributed by atoms with E-state index < -0.39 is 0 Å². The van der Waals surface area contributed by atoms with E-state index in [9.17, 15) is 4.79 Å². The zero-order chi connectivity index (χ0) is 12.8. The Morgan fingerprint density at radius 2 is 2.00 bits per heavy atom. The molecule has 0 bridgehead atoms. The molecule has 0 aliphatic heterocycles. The summed E-state index contributed by atoms with van der Waals surface area (Å²) in [6, 6.07) is 8.13. The van der Waals surface area contributed by atoms with Crippen LogP contribution in [0.25, 0.3) is 0 Å². The van der Waals surface area contributed by atoms with Crippen molar-refractivity contribution in [2.45, 2.75) is 27.3 Å². The number of amides is 1. The van der Waals surface area contributed by atoms with Crippen LogP contribution in [0.15, 0.2) is 24.3 Å². The molecule has 1 aromatic rings. The lowest BCUT2D eigenvalue weighted by molar-refractivity contribution is -0.129. The predicted octanol–water partition coefficient (Wildman–Crippen LogP) is 3.22. The Balaban J connectivity index is 2.79. The van der Waals surface area contributed by atoms with Crippen molar-refractivity contribution in [1.82, 2.24) is 4.90 Å². The smallest absolute Gasteiger partial charge is 0.237 e. The second-order valence-electron chi connectivity index (χ2n) is 4.73. The van der Waals surface area contributed by atoms with Crippen LogP contribution in [0, 0.1) is 12.8 Å². The number of hydrogen-bond acceptors (Lipinski definition) is 1. The normalized spacial score (nSPS) is 10.6. The van der Waals surface area contributed by atoms with Crippen molar-refractivity contribution < 1.29 is 4.79 Å². The van der Waals surface area contributed by atoms with Crippen molar-refractivity contribution in [3.05, 3.63) is 35.4 Å². The molecule has 1 amide bonds. The molecule has 0 atom stereocenters. The van der Waals surface area contributed by atoms with E-state index >= 15 is 0 Å². The maximum atomic E-state index is 11.8. The lowest BCUT2D eigenvalue weighted by atomic mass is 10.1. The molecule has 0 fully saturated rings. The molecule has 1 rings (SSSR count). The summed E-state index contributed by atoms with van der Waals surface area (Å²) >= 11 is 5.64. The van der Waals surface area contributed by atoms with Crippen molar-refractivity contribution in [2.24, 2.45) is 5.92 Å². The Morgan fingerprint density at radius 1 is 1.35 bits per heavy atom. The van der Waals surface area contributed by atoms with Crippen LogP contribution in [-0.2, 0) is 11.3 Å². The number of carbonyl (C=O) groups excluding carboxylic acids is 1. The van der Waals surface area contributed by atoms with Crippen LogP contribution < -0.4 is 0 Å². The quantitative estimate of drug-likeness (QED) is 0.738. The average molecular weight is 254 g/mol. The Kier molecular flexibility index (Phi) is 5.49. The van der Waals surface area contributed by atoms with E-state index in [1.165, 1.54) is 11.1 Å². The van der Waals surface area contributed by atoms with Crippen molar-refractivity contribution in [2.75, 3.05) is 12.4 Å². The summed E-state index contributed by atoms with van der Waals surface area (Å²) < 4.78 is 0. The Morgan fingerprint density at radius 3 is 2.53 bits per heavy atom. The third-order valence-electron chi connectivity index (χ3n) is 2.68. The molecular weight excluding hydrogens is 234 g/mol. The zero-order valence-corrected chi connectivity index (χ0v) is 11.5. The predicted molar refractivity (Wildman–Crippen MR) is 72.2 cm³/mol. The number of carbonyl (C=O) groups is 1. The SMILES string of the molecule is Cc1ccccc1CN(CC(C)C)C(=O)CCl. The Hall–Kier alpha value is -1.02. The van der Waals surface area contributed by atoms with Gasteiger partial charge in [-0.25, -0.2) is 0 Å². The fourth-order valence-corrected chi connectivity index (χ4v) is 1.94. The van der Waals surface area contributed by atoms with Gasteiger partial charge in [0.1, 0.15) is 5.88 Å². The second-order valence-corrected chi connectivity index (χ2v) is 5.00. The summed E-state index contributed by atoms with van der Waals surface area (Å²) in [4.78, 5) is 13.6. The lowest BCUT2D eigenvalue weighted by Gasteiger charge is -2.24. The maximum absolute atomic E-state index is 11.8. The minimum Gasteiger partial charge on any atom is -0.337 e. The summed E-state index contributed by atoms with van der Waals surface area (Å²) in [6.45, 7) is 7.67. The minimum atomic E-state index is 0.00335. The first-order chi connectivity index (χ1) is 8.04. The zero-order valence-electron chi connectivity index (χ0n) is 10.7. The van der Waals surface area contributed by atoms with Crippen molar-refractivity contribution in [3.63, 3.8) is 0 Å². The van der Waals surface area contributed by atoms with Crippen LogP contribution in [0.2, 0.25) is 0 Å². The number of halogens is 1. The van der Waals surface area contributed by atoms with Crippen LogP contribution in [0.1, 0.15) is 25.0 Å². The van der Waals surface area contributed by atoms with Gasteiger partial charge in [0.05, 0.1) is 0 Å². The standard InChI is InChI=1S/C14H20ClNO/c1-11(2)9-16(14(17)8-15)10-13-7-5-4-6-12(13)3/h4-7,11H,8-10H2,1-3H3. The Bertz CT molecular complexity index is 376. The highest BCUT2D eigenvalue weighted by atomic mass is 35.5. The van der Waals surface area contributed by atoms with Crippen molar-refractivity contribution in [3.8, 4) is 0 Å². The molecule has 0 heterocycles. The molecule has 0 aromatic heterocycles. The van der Waals surface area contributed by atoms with E-state index in [0.717, 1.165) is 6.54 Å². The van der Waals surface area contributed by atoms with Gasteiger partial charge in [-0.05, 0) is 24.0 Å². The van der Waals surface area contributed by atoms with E-state index in [-0.39, 0.29) is 11.8 Å². The molecule has 0 unspecified atom stereocenters. The second kappa shape index (κ2) is 6.65. The van der Waals surface area contributed by atoms with Gasteiger partial charge in [-0.1, -0.05) is 38.1 Å². The van der Waals surface area contributed by atoms with Gasteiger partial charge >= 0.3 is 0 Å². The van der Waals surface area contributed by atoms with Crippen LogP contribution >= 0.6 is 11.6 Å². The third kappa shape index (κ3) is 4.39. The van der Waals surface area contributed by atoms with E-state index in [0.29, 0.717) is 12.5 Å². The molecular formula is C14H20ClNO. The molecule has 0 radical (unpaired) electrons. The molecule has 0 saturated carbocycles. The van der Waals surface area contributed by atoms with Gasteiger partial charge in [-0.2, -0.15) is 0 Å². The molecule has 94 valence electrons. The highest BCUT2D eigenvalue weighted by Crippen LogP contribution is 2.12. The number of aryl methyl sites for hydroxylation is 1. The molecule has 0 spiro atoms. The fraction of sp³-hybridized carbons (Fsp3) is 0.500. The topological polar surface area (TPSA) is 20.3 Å². The van der Waals surface area contributed by atoms with Crippen LogP contribution in [0.5, 0.6) is 0 Å². The first-order valence-electron chi connectivity index (χ1n) is 5.92. The van der Waals surface area contributed by atoms with Gasteiger partial charge in [0.2, 0.25) is 5.91 Å². The molecule has 3 heteroatoms. The van der Waals surface area contributed by atoms with Crippen LogP contribution in [0.4, 0.5) is 0 Å². The van der Waals surface area contributed by atoms with E-state index in [4.69, 9.17) is 11.6 Å². The van der Waals surface area contributed by atoms with Gasteiger partial charge in [0, 0.05) is 13.1 Å². The van der Waals surface area contributed by atoms with Gasteiger partial charge in [-0.3, -0.25) is 4.79 Å². The van der Waals surface area contributed by atoms with E-state index in [1.54, 1.807) is 0 Å². The summed E-state index contributed by atoms with van der Waals surface area (Å²) in [6.07, 6.45) is 0. The van der Waals surface area contributed by atoms with Gasteiger partial charge in [0.15, 0.2) is 0 Å². The average Bonchev–Trinajstić information content (AvgIpc) is 2.29. The number of hydrogen-bond donors (Lipinski definition) is 0. The lowest BCUT2D eigenvalue weighted by Crippen LogP contribution is -2.34. The summed E-state index contributed by atoms with van der Waals surface area (Å²) in [5.74, 6) is 0.508. The number of benzene rings is 1. The molecule has 0 saturated heterocycles. The molecule has 0 N–H and O–H groups in total. The van der Waals surface area contributed by atoms with E-state index in [1.807, 2.05) is 17.0 Å². The maximum Gasteiger partial charge on any atom is 0.237 e. The molecule has 2 nitrogen and oxygen atoms in total. The summed E-state index contributed by atoms with van der Waals surface area (Å²) in [5.41, 5.74) is 2.40. The molecule has 1 aromatic carbocycles. The highest BCUT2D eigenvalue weighted by molar-refractivity contribution is 6.27. The van der Waals surface area contributed by atoms with Crippen LogP contribution in [0.3, 0.4) is 0 Å². The minimum absolute atomic E-state index is 0.00335. The number of nitrogens with zero attached hydrogens (tertiary/aromatic N) is 1. The van der Waals surface area contributed by atoms with Gasteiger partial charge < -0.3 is 4.90 Å². The largest absolute Gasteiger partial charge is 0.337 e. The highest BCUT2D eigenvalue weighted by Gasteiger charge is 2.14.